The molecule has 1 heterocycles. The fourth-order valence-electron chi connectivity index (χ4n) is 1.25. The van der Waals surface area contributed by atoms with Gasteiger partial charge in [-0.05, 0) is 5.92 Å². The second-order valence-corrected chi connectivity index (χ2v) is 3.60. The Balaban J connectivity index is 3.00. The summed E-state index contributed by atoms with van der Waals surface area (Å²) in [5, 5.41) is 6.60. The molecule has 1 aromatic heterocycles. The maximum absolute atomic E-state index is 11.4. The largest absolute Gasteiger partial charge is 0.396 e. The molecular formula is C9H16N4O. The van der Waals surface area contributed by atoms with Crippen LogP contribution in [0.15, 0.2) is 6.20 Å². The maximum atomic E-state index is 11.4. The molecule has 0 radical (unpaired) electrons. The maximum Gasteiger partial charge on any atom is 0.271 e. The van der Waals surface area contributed by atoms with Gasteiger partial charge in [0.25, 0.3) is 5.91 Å². The molecule has 3 N–H and O–H groups in total. The van der Waals surface area contributed by atoms with E-state index in [0.717, 1.165) is 0 Å². The zero-order valence-electron chi connectivity index (χ0n) is 8.74. The van der Waals surface area contributed by atoms with Gasteiger partial charge in [-0.25, -0.2) is 0 Å². The summed E-state index contributed by atoms with van der Waals surface area (Å²) in [4.78, 5) is 11.4. The highest BCUT2D eigenvalue weighted by molar-refractivity contribution is 5.97. The molecule has 14 heavy (non-hydrogen) atoms. The van der Waals surface area contributed by atoms with Crippen molar-refractivity contribution in [3.8, 4) is 0 Å². The summed E-state index contributed by atoms with van der Waals surface area (Å²) in [7, 11) is 1.58. The second-order valence-electron chi connectivity index (χ2n) is 3.60. The van der Waals surface area contributed by atoms with Gasteiger partial charge in [-0.3, -0.25) is 9.48 Å². The van der Waals surface area contributed by atoms with E-state index < -0.39 is 0 Å². The molecule has 0 aromatic carbocycles. The number of hydrogen-bond acceptors (Lipinski definition) is 3. The Labute approximate surface area is 83.3 Å². The minimum absolute atomic E-state index is 0.194. The van der Waals surface area contributed by atoms with E-state index >= 15 is 0 Å². The van der Waals surface area contributed by atoms with E-state index in [1.807, 2.05) is 0 Å². The van der Waals surface area contributed by atoms with E-state index in [0.29, 0.717) is 23.8 Å². The Morgan fingerprint density at radius 2 is 2.36 bits per heavy atom. The van der Waals surface area contributed by atoms with Crippen LogP contribution in [0.4, 0.5) is 5.69 Å². The first-order valence-electron chi connectivity index (χ1n) is 4.59. The summed E-state index contributed by atoms with van der Waals surface area (Å²) in [5.74, 6) is 0.235. The van der Waals surface area contributed by atoms with Crippen LogP contribution in [0.1, 0.15) is 24.3 Å². The number of nitrogens with two attached hydrogens (primary N) is 1. The summed E-state index contributed by atoms with van der Waals surface area (Å²) in [6, 6.07) is 0. The van der Waals surface area contributed by atoms with Gasteiger partial charge in [0.15, 0.2) is 0 Å². The van der Waals surface area contributed by atoms with Gasteiger partial charge >= 0.3 is 0 Å². The first-order chi connectivity index (χ1) is 6.56. The predicted octanol–water partition coefficient (Wildman–Crippen LogP) is 0.481. The Kier molecular flexibility index (Phi) is 3.11. The number of aromatic nitrogens is 2. The van der Waals surface area contributed by atoms with Crippen LogP contribution in [0.3, 0.4) is 0 Å². The van der Waals surface area contributed by atoms with E-state index in [4.69, 9.17) is 5.73 Å². The molecule has 1 rings (SSSR count). The molecular weight excluding hydrogens is 180 g/mol. The highest BCUT2D eigenvalue weighted by atomic mass is 16.1. The van der Waals surface area contributed by atoms with Crippen molar-refractivity contribution in [2.45, 2.75) is 20.4 Å². The van der Waals surface area contributed by atoms with E-state index in [2.05, 4.69) is 24.3 Å². The molecule has 0 aliphatic heterocycles. The third-order valence-corrected chi connectivity index (χ3v) is 1.85. The van der Waals surface area contributed by atoms with E-state index in [-0.39, 0.29) is 5.91 Å². The van der Waals surface area contributed by atoms with Gasteiger partial charge in [-0.1, -0.05) is 13.8 Å². The number of anilines is 1. The predicted molar refractivity (Wildman–Crippen MR) is 54.9 cm³/mol. The van der Waals surface area contributed by atoms with Crippen molar-refractivity contribution >= 4 is 11.6 Å². The monoisotopic (exact) mass is 196 g/mol. The van der Waals surface area contributed by atoms with Gasteiger partial charge in [0, 0.05) is 13.6 Å². The van der Waals surface area contributed by atoms with Crippen molar-refractivity contribution in [1.82, 2.24) is 15.1 Å². The molecule has 0 aliphatic rings. The van der Waals surface area contributed by atoms with Crippen LogP contribution >= 0.6 is 0 Å². The number of nitrogens with zero attached hydrogens (tertiary/aromatic N) is 2. The molecule has 1 aromatic rings. The van der Waals surface area contributed by atoms with Crippen LogP contribution in [0, 0.1) is 5.92 Å². The molecule has 0 spiro atoms. The molecule has 5 heteroatoms. The number of rotatable bonds is 3. The molecule has 0 saturated carbocycles. The average Bonchev–Trinajstić information content (AvgIpc) is 2.45. The van der Waals surface area contributed by atoms with Gasteiger partial charge < -0.3 is 11.1 Å². The number of amides is 1. The molecule has 0 fully saturated rings. The lowest BCUT2D eigenvalue weighted by atomic mass is 10.2. The van der Waals surface area contributed by atoms with Crippen molar-refractivity contribution in [3.05, 3.63) is 11.9 Å². The zero-order valence-corrected chi connectivity index (χ0v) is 8.74. The summed E-state index contributed by atoms with van der Waals surface area (Å²) >= 11 is 0. The van der Waals surface area contributed by atoms with Crippen molar-refractivity contribution in [2.75, 3.05) is 12.8 Å². The summed E-state index contributed by atoms with van der Waals surface area (Å²) in [6.45, 7) is 4.82. The van der Waals surface area contributed by atoms with Gasteiger partial charge in [0.05, 0.1) is 11.9 Å². The molecule has 1 amide bonds. The fourth-order valence-corrected chi connectivity index (χ4v) is 1.25. The van der Waals surface area contributed by atoms with Crippen molar-refractivity contribution in [1.29, 1.82) is 0 Å². The van der Waals surface area contributed by atoms with Crippen LogP contribution in [0.5, 0.6) is 0 Å². The smallest absolute Gasteiger partial charge is 0.271 e. The Hall–Kier alpha value is -1.52. The molecule has 0 unspecified atom stereocenters. The number of nitrogens with one attached hydrogen (secondary N) is 1. The molecule has 5 nitrogen and oxygen atoms in total. The van der Waals surface area contributed by atoms with Crippen molar-refractivity contribution in [2.24, 2.45) is 5.92 Å². The Morgan fingerprint density at radius 1 is 1.71 bits per heavy atom. The minimum atomic E-state index is -0.194. The third kappa shape index (κ3) is 2.04. The molecule has 0 atom stereocenters. The van der Waals surface area contributed by atoms with Crippen LogP contribution < -0.4 is 11.1 Å². The lowest BCUT2D eigenvalue weighted by molar-refractivity contribution is 0.0952. The van der Waals surface area contributed by atoms with Crippen LogP contribution in [0.2, 0.25) is 0 Å². The summed E-state index contributed by atoms with van der Waals surface area (Å²) in [5.41, 5.74) is 6.52. The average molecular weight is 196 g/mol. The van der Waals surface area contributed by atoms with Gasteiger partial charge in [-0.15, -0.1) is 0 Å². The fraction of sp³-hybridized carbons (Fsp3) is 0.556. The third-order valence-electron chi connectivity index (χ3n) is 1.85. The number of hydrogen-bond donors (Lipinski definition) is 2. The van der Waals surface area contributed by atoms with Gasteiger partial charge in [0.1, 0.15) is 5.69 Å². The summed E-state index contributed by atoms with van der Waals surface area (Å²) < 4.78 is 1.64. The molecule has 0 saturated heterocycles. The lowest BCUT2D eigenvalue weighted by Gasteiger charge is -2.09. The normalized spacial score (nSPS) is 10.6. The molecule has 0 aliphatic carbocycles. The topological polar surface area (TPSA) is 72.9 Å². The van der Waals surface area contributed by atoms with Crippen molar-refractivity contribution < 1.29 is 4.79 Å². The highest BCUT2D eigenvalue weighted by Crippen LogP contribution is 2.12. The van der Waals surface area contributed by atoms with E-state index in [9.17, 15) is 4.79 Å². The Bertz CT molecular complexity index is 330. The quantitative estimate of drug-likeness (QED) is 0.738. The second kappa shape index (κ2) is 4.13. The van der Waals surface area contributed by atoms with Crippen LogP contribution in [-0.4, -0.2) is 22.7 Å². The highest BCUT2D eigenvalue weighted by Gasteiger charge is 2.15. The minimum Gasteiger partial charge on any atom is -0.396 e. The SMILES string of the molecule is CNC(=O)c1c(N)cnn1CC(C)C. The zero-order chi connectivity index (χ0) is 10.7. The van der Waals surface area contributed by atoms with Gasteiger partial charge in [-0.2, -0.15) is 5.10 Å². The van der Waals surface area contributed by atoms with Crippen LogP contribution in [0.25, 0.3) is 0 Å². The lowest BCUT2D eigenvalue weighted by Crippen LogP contribution is -2.24. The molecule has 78 valence electrons. The van der Waals surface area contributed by atoms with Gasteiger partial charge in [0.2, 0.25) is 0 Å². The van der Waals surface area contributed by atoms with E-state index in [1.165, 1.54) is 6.20 Å². The first kappa shape index (κ1) is 10.6. The number of carbonyl (C=O) groups is 1. The van der Waals surface area contributed by atoms with E-state index in [1.54, 1.807) is 11.7 Å². The summed E-state index contributed by atoms with van der Waals surface area (Å²) in [6.07, 6.45) is 1.51. The standard InChI is InChI=1S/C9H16N4O/c1-6(2)5-13-8(9(14)11-3)7(10)4-12-13/h4,6H,5,10H2,1-3H3,(H,11,14). The van der Waals surface area contributed by atoms with Crippen molar-refractivity contribution in [3.63, 3.8) is 0 Å². The van der Waals surface area contributed by atoms with Crippen LogP contribution in [-0.2, 0) is 6.54 Å². The number of nitrogen functional groups attached to an aromatic ring is 1. The molecule has 0 bridgehead atoms. The Morgan fingerprint density at radius 3 is 2.86 bits per heavy atom. The number of carbonyl (C=O) groups excluding carboxylic acids is 1. The first-order valence-corrected chi connectivity index (χ1v) is 4.59.